The van der Waals surface area contributed by atoms with Crippen LogP contribution in [0.4, 0.5) is 0 Å². The van der Waals surface area contributed by atoms with E-state index in [9.17, 15) is 4.79 Å². The first-order chi connectivity index (χ1) is 9.59. The largest absolute Gasteiger partial charge is 0.349 e. The second-order valence-corrected chi connectivity index (χ2v) is 5.28. The lowest BCUT2D eigenvalue weighted by Gasteiger charge is -2.17. The van der Waals surface area contributed by atoms with E-state index in [1.54, 1.807) is 19.0 Å². The highest BCUT2D eigenvalue weighted by molar-refractivity contribution is 5.86. The Morgan fingerprint density at radius 1 is 1.15 bits per heavy atom. The van der Waals surface area contributed by atoms with E-state index in [0.29, 0.717) is 13.0 Å². The van der Waals surface area contributed by atoms with Crippen LogP contribution >= 0.6 is 0 Å². The van der Waals surface area contributed by atoms with Crippen LogP contribution in [0.25, 0.3) is 10.8 Å². The third kappa shape index (κ3) is 3.36. The lowest BCUT2D eigenvalue weighted by Crippen LogP contribution is -2.28. The van der Waals surface area contributed by atoms with Gasteiger partial charge in [-0.05, 0) is 23.3 Å². The highest BCUT2D eigenvalue weighted by atomic mass is 16.2. The van der Waals surface area contributed by atoms with Crippen LogP contribution in [-0.2, 0) is 4.79 Å². The van der Waals surface area contributed by atoms with E-state index in [4.69, 9.17) is 0 Å². The second-order valence-electron chi connectivity index (χ2n) is 5.28. The number of hydrogen-bond acceptors (Lipinski definition) is 2. The van der Waals surface area contributed by atoms with Gasteiger partial charge in [-0.25, -0.2) is 0 Å². The molecule has 0 saturated heterocycles. The molecule has 0 fully saturated rings. The lowest BCUT2D eigenvalue weighted by atomic mass is 10.00. The maximum Gasteiger partial charge on any atom is 0.223 e. The Morgan fingerprint density at radius 2 is 1.85 bits per heavy atom. The van der Waals surface area contributed by atoms with E-state index in [2.05, 4.69) is 54.7 Å². The highest BCUT2D eigenvalue weighted by Crippen LogP contribution is 2.23. The zero-order chi connectivity index (χ0) is 14.5. The van der Waals surface area contributed by atoms with Crippen molar-refractivity contribution in [2.75, 3.05) is 20.6 Å². The van der Waals surface area contributed by atoms with Crippen molar-refractivity contribution in [3.05, 3.63) is 48.0 Å². The molecular weight excluding hydrogens is 248 g/mol. The van der Waals surface area contributed by atoms with Crippen molar-refractivity contribution in [2.45, 2.75) is 19.4 Å². The fourth-order valence-electron chi connectivity index (χ4n) is 2.36. The zero-order valence-electron chi connectivity index (χ0n) is 12.4. The summed E-state index contributed by atoms with van der Waals surface area (Å²) in [7, 11) is 3.58. The van der Waals surface area contributed by atoms with Gasteiger partial charge in [0.05, 0.1) is 0 Å². The van der Waals surface area contributed by atoms with Gasteiger partial charge in [0.1, 0.15) is 0 Å². The standard InChI is InChI=1S/C17H22N2O/c1-13(18-12-11-17(20)19(2)3)15-10-6-8-14-7-4-5-9-16(14)15/h4-10,13,18H,11-12H2,1-3H3. The molecule has 1 atom stereocenters. The van der Waals surface area contributed by atoms with E-state index in [1.165, 1.54) is 16.3 Å². The van der Waals surface area contributed by atoms with Crippen LogP contribution in [0, 0.1) is 0 Å². The Balaban J connectivity index is 2.04. The summed E-state index contributed by atoms with van der Waals surface area (Å²) in [6.45, 7) is 2.84. The molecule has 0 aromatic heterocycles. The molecule has 0 spiro atoms. The van der Waals surface area contributed by atoms with Gasteiger partial charge in [0.15, 0.2) is 0 Å². The monoisotopic (exact) mass is 270 g/mol. The predicted molar refractivity (Wildman–Crippen MR) is 83.7 cm³/mol. The number of fused-ring (bicyclic) bond motifs is 1. The maximum atomic E-state index is 11.6. The first-order valence-electron chi connectivity index (χ1n) is 7.01. The first kappa shape index (κ1) is 14.5. The summed E-state index contributed by atoms with van der Waals surface area (Å²) in [5.41, 5.74) is 1.28. The van der Waals surface area contributed by atoms with Crippen LogP contribution in [0.15, 0.2) is 42.5 Å². The van der Waals surface area contributed by atoms with Gasteiger partial charge in [-0.2, -0.15) is 0 Å². The Hall–Kier alpha value is -1.87. The Labute approximate surface area is 120 Å². The molecule has 2 aromatic carbocycles. The molecule has 0 heterocycles. The minimum atomic E-state index is 0.155. The molecule has 1 N–H and O–H groups in total. The van der Waals surface area contributed by atoms with Crippen molar-refractivity contribution in [3.8, 4) is 0 Å². The molecule has 2 aromatic rings. The van der Waals surface area contributed by atoms with Crippen molar-refractivity contribution in [1.29, 1.82) is 0 Å². The average molecular weight is 270 g/mol. The molecule has 0 aliphatic carbocycles. The summed E-state index contributed by atoms with van der Waals surface area (Å²) in [4.78, 5) is 13.2. The van der Waals surface area contributed by atoms with E-state index in [0.717, 1.165) is 0 Å². The maximum absolute atomic E-state index is 11.6. The normalized spacial score (nSPS) is 12.3. The van der Waals surface area contributed by atoms with E-state index < -0.39 is 0 Å². The summed E-state index contributed by atoms with van der Waals surface area (Å²) < 4.78 is 0. The average Bonchev–Trinajstić information content (AvgIpc) is 2.46. The number of carbonyl (C=O) groups excluding carboxylic acids is 1. The molecule has 2 rings (SSSR count). The van der Waals surface area contributed by atoms with Crippen LogP contribution in [0.3, 0.4) is 0 Å². The fourth-order valence-corrected chi connectivity index (χ4v) is 2.36. The molecule has 1 unspecified atom stereocenters. The minimum absolute atomic E-state index is 0.155. The predicted octanol–water partition coefficient (Wildman–Crippen LogP) is 2.97. The second kappa shape index (κ2) is 6.53. The molecule has 106 valence electrons. The molecule has 0 saturated carbocycles. The van der Waals surface area contributed by atoms with Crippen molar-refractivity contribution in [2.24, 2.45) is 0 Å². The molecule has 0 aliphatic heterocycles. The summed E-state index contributed by atoms with van der Waals surface area (Å²) >= 11 is 0. The fraction of sp³-hybridized carbons (Fsp3) is 0.353. The molecule has 20 heavy (non-hydrogen) atoms. The van der Waals surface area contributed by atoms with Crippen molar-refractivity contribution in [1.82, 2.24) is 10.2 Å². The van der Waals surface area contributed by atoms with Crippen LogP contribution in [0.1, 0.15) is 24.9 Å². The molecule has 1 amide bonds. The summed E-state index contributed by atoms with van der Waals surface area (Å²) in [5.74, 6) is 0.155. The lowest BCUT2D eigenvalue weighted by molar-refractivity contribution is -0.128. The van der Waals surface area contributed by atoms with Crippen LogP contribution < -0.4 is 5.32 Å². The smallest absolute Gasteiger partial charge is 0.223 e. The van der Waals surface area contributed by atoms with Gasteiger partial charge >= 0.3 is 0 Å². The van der Waals surface area contributed by atoms with Gasteiger partial charge in [0.25, 0.3) is 0 Å². The van der Waals surface area contributed by atoms with Crippen molar-refractivity contribution < 1.29 is 4.79 Å². The topological polar surface area (TPSA) is 32.3 Å². The van der Waals surface area contributed by atoms with Gasteiger partial charge in [0.2, 0.25) is 5.91 Å². The molecule has 0 bridgehead atoms. The first-order valence-corrected chi connectivity index (χ1v) is 7.01. The number of carbonyl (C=O) groups is 1. The summed E-state index contributed by atoms with van der Waals surface area (Å²) in [6, 6.07) is 15.0. The van der Waals surface area contributed by atoms with Gasteiger partial charge < -0.3 is 10.2 Å². The highest BCUT2D eigenvalue weighted by Gasteiger charge is 2.09. The summed E-state index contributed by atoms with van der Waals surface area (Å²) in [5, 5.41) is 5.95. The third-order valence-corrected chi connectivity index (χ3v) is 3.58. The van der Waals surface area contributed by atoms with Gasteiger partial charge in [-0.1, -0.05) is 42.5 Å². The Morgan fingerprint density at radius 3 is 2.60 bits per heavy atom. The molecule has 3 nitrogen and oxygen atoms in total. The van der Waals surface area contributed by atoms with E-state index in [1.807, 2.05) is 0 Å². The number of hydrogen-bond donors (Lipinski definition) is 1. The molecular formula is C17H22N2O. The van der Waals surface area contributed by atoms with Crippen molar-refractivity contribution in [3.63, 3.8) is 0 Å². The third-order valence-electron chi connectivity index (χ3n) is 3.58. The molecule has 0 radical (unpaired) electrons. The quantitative estimate of drug-likeness (QED) is 0.906. The Kier molecular flexibility index (Phi) is 4.74. The molecule has 0 aliphatic rings. The van der Waals surface area contributed by atoms with Crippen LogP contribution in [0.5, 0.6) is 0 Å². The minimum Gasteiger partial charge on any atom is -0.349 e. The molecule has 3 heteroatoms. The number of nitrogens with zero attached hydrogens (tertiary/aromatic N) is 1. The number of amides is 1. The number of benzene rings is 2. The van der Waals surface area contributed by atoms with Crippen LogP contribution in [-0.4, -0.2) is 31.4 Å². The van der Waals surface area contributed by atoms with Gasteiger partial charge in [-0.3, -0.25) is 4.79 Å². The Bertz CT molecular complexity index is 587. The van der Waals surface area contributed by atoms with Gasteiger partial charge in [0, 0.05) is 33.1 Å². The van der Waals surface area contributed by atoms with Crippen molar-refractivity contribution >= 4 is 16.7 Å². The van der Waals surface area contributed by atoms with Gasteiger partial charge in [-0.15, -0.1) is 0 Å². The number of nitrogens with one attached hydrogen (secondary N) is 1. The van der Waals surface area contributed by atoms with Crippen LogP contribution in [0.2, 0.25) is 0 Å². The van der Waals surface area contributed by atoms with E-state index in [-0.39, 0.29) is 11.9 Å². The SMILES string of the molecule is CC(NCCC(=O)N(C)C)c1cccc2ccccc12. The number of rotatable bonds is 5. The zero-order valence-corrected chi connectivity index (χ0v) is 12.4. The summed E-state index contributed by atoms with van der Waals surface area (Å²) in [6.07, 6.45) is 0.530. The van der Waals surface area contributed by atoms with E-state index >= 15 is 0 Å².